The molecular weight excluding hydrogens is 174 g/mol. The first kappa shape index (κ1) is 9.71. The first-order chi connectivity index (χ1) is 6.65. The van der Waals surface area contributed by atoms with Crippen LogP contribution in [0.1, 0.15) is 43.4 Å². The van der Waals surface area contributed by atoms with E-state index < -0.39 is 0 Å². The minimum Gasteiger partial charge on any atom is -0.345 e. The van der Waals surface area contributed by atoms with Crippen molar-refractivity contribution in [3.63, 3.8) is 0 Å². The van der Waals surface area contributed by atoms with Crippen molar-refractivity contribution >= 4 is 0 Å². The molecule has 3 heteroatoms. The highest BCUT2D eigenvalue weighted by Crippen LogP contribution is 2.41. The first-order valence-electron chi connectivity index (χ1n) is 5.42. The Labute approximate surface area is 85.1 Å². The maximum absolute atomic E-state index is 5.54. The predicted molar refractivity (Wildman–Crippen MR) is 57.3 cm³/mol. The zero-order valence-electron chi connectivity index (χ0n) is 9.06. The molecule has 1 fully saturated rings. The van der Waals surface area contributed by atoms with E-state index in [1.54, 1.807) is 0 Å². The molecule has 3 N–H and O–H groups in total. The fourth-order valence-electron chi connectivity index (χ4n) is 2.11. The lowest BCUT2D eigenvalue weighted by Gasteiger charge is -2.36. The van der Waals surface area contributed by atoms with Gasteiger partial charge in [-0.3, -0.25) is 0 Å². The largest absolute Gasteiger partial charge is 0.345 e. The maximum Gasteiger partial charge on any atom is 0.112 e. The van der Waals surface area contributed by atoms with E-state index in [0.29, 0.717) is 12.0 Å². The van der Waals surface area contributed by atoms with E-state index in [1.807, 2.05) is 0 Å². The van der Waals surface area contributed by atoms with Crippen LogP contribution >= 0.6 is 0 Å². The lowest BCUT2D eigenvalue weighted by Crippen LogP contribution is -2.31. The molecule has 0 radical (unpaired) electrons. The summed E-state index contributed by atoms with van der Waals surface area (Å²) in [6.45, 7) is 5.06. The quantitative estimate of drug-likeness (QED) is 0.767. The topological polar surface area (TPSA) is 54.7 Å². The van der Waals surface area contributed by atoms with Gasteiger partial charge in [0, 0.05) is 17.5 Å². The molecule has 2 rings (SSSR count). The molecule has 0 aliphatic heterocycles. The van der Waals surface area contributed by atoms with E-state index >= 15 is 0 Å². The van der Waals surface area contributed by atoms with Gasteiger partial charge in [0.15, 0.2) is 0 Å². The molecular formula is C11H19N3. The molecule has 0 unspecified atom stereocenters. The van der Waals surface area contributed by atoms with Crippen LogP contribution in [0.3, 0.4) is 0 Å². The second-order valence-electron chi connectivity index (χ2n) is 4.61. The van der Waals surface area contributed by atoms with E-state index in [-0.39, 0.29) is 0 Å². The van der Waals surface area contributed by atoms with Crippen LogP contribution in [0.15, 0.2) is 0 Å². The summed E-state index contributed by atoms with van der Waals surface area (Å²) in [6, 6.07) is 0. The lowest BCUT2D eigenvalue weighted by molar-refractivity contribution is 0.257. The summed E-state index contributed by atoms with van der Waals surface area (Å²) in [5.74, 6) is 1.17. The van der Waals surface area contributed by atoms with Gasteiger partial charge in [-0.05, 0) is 26.3 Å². The SMILES string of the molecule is Cc1[nH]c(C2(C)CCC2)nc1CCN. The Morgan fingerprint density at radius 3 is 2.71 bits per heavy atom. The van der Waals surface area contributed by atoms with E-state index in [1.165, 1.54) is 30.8 Å². The molecule has 0 spiro atoms. The van der Waals surface area contributed by atoms with Crippen LogP contribution < -0.4 is 5.73 Å². The van der Waals surface area contributed by atoms with Crippen molar-refractivity contribution in [3.8, 4) is 0 Å². The summed E-state index contributed by atoms with van der Waals surface area (Å²) >= 11 is 0. The Morgan fingerprint density at radius 1 is 1.50 bits per heavy atom. The van der Waals surface area contributed by atoms with E-state index in [9.17, 15) is 0 Å². The van der Waals surface area contributed by atoms with Crippen LogP contribution in [0.25, 0.3) is 0 Å². The van der Waals surface area contributed by atoms with Crippen LogP contribution in [-0.2, 0) is 11.8 Å². The summed E-state index contributed by atoms with van der Waals surface area (Å²) in [7, 11) is 0. The minimum absolute atomic E-state index is 0.317. The van der Waals surface area contributed by atoms with Gasteiger partial charge in [0.2, 0.25) is 0 Å². The fourth-order valence-corrected chi connectivity index (χ4v) is 2.11. The number of aromatic amines is 1. The van der Waals surface area contributed by atoms with Crippen LogP contribution in [0.2, 0.25) is 0 Å². The highest BCUT2D eigenvalue weighted by atomic mass is 15.0. The number of nitrogens with zero attached hydrogens (tertiary/aromatic N) is 1. The highest BCUT2D eigenvalue weighted by molar-refractivity contribution is 5.20. The fraction of sp³-hybridized carbons (Fsp3) is 0.727. The summed E-state index contributed by atoms with van der Waals surface area (Å²) < 4.78 is 0. The number of aromatic nitrogens is 2. The molecule has 78 valence electrons. The normalized spacial score (nSPS) is 19.4. The Bertz CT molecular complexity index is 323. The number of nitrogens with two attached hydrogens (primary N) is 1. The zero-order valence-corrected chi connectivity index (χ0v) is 9.06. The van der Waals surface area contributed by atoms with Gasteiger partial charge in [0.25, 0.3) is 0 Å². The Morgan fingerprint density at radius 2 is 2.21 bits per heavy atom. The number of hydrogen-bond donors (Lipinski definition) is 2. The summed E-state index contributed by atoms with van der Waals surface area (Å²) in [5, 5.41) is 0. The summed E-state index contributed by atoms with van der Waals surface area (Å²) in [4.78, 5) is 8.06. The average Bonchev–Trinajstić information content (AvgIpc) is 2.45. The highest BCUT2D eigenvalue weighted by Gasteiger charge is 2.36. The van der Waals surface area contributed by atoms with Gasteiger partial charge < -0.3 is 10.7 Å². The molecule has 3 nitrogen and oxygen atoms in total. The monoisotopic (exact) mass is 193 g/mol. The van der Waals surface area contributed by atoms with Crippen LogP contribution in [0.5, 0.6) is 0 Å². The summed E-state index contributed by atoms with van der Waals surface area (Å²) in [6.07, 6.45) is 4.75. The molecule has 0 amide bonds. The number of nitrogens with one attached hydrogen (secondary N) is 1. The van der Waals surface area contributed by atoms with Crippen molar-refractivity contribution < 1.29 is 0 Å². The van der Waals surface area contributed by atoms with Crippen molar-refractivity contribution in [2.45, 2.75) is 44.9 Å². The minimum atomic E-state index is 0.317. The number of imidazole rings is 1. The lowest BCUT2D eigenvalue weighted by atomic mass is 9.70. The summed E-state index contributed by atoms with van der Waals surface area (Å²) in [5.41, 5.74) is 8.20. The molecule has 0 saturated heterocycles. The number of hydrogen-bond acceptors (Lipinski definition) is 2. The van der Waals surface area contributed by atoms with E-state index in [4.69, 9.17) is 5.73 Å². The molecule has 14 heavy (non-hydrogen) atoms. The number of rotatable bonds is 3. The zero-order chi connectivity index (χ0) is 10.2. The number of aryl methyl sites for hydroxylation is 1. The average molecular weight is 193 g/mol. The van der Waals surface area contributed by atoms with Gasteiger partial charge in [0.1, 0.15) is 5.82 Å². The second-order valence-corrected chi connectivity index (χ2v) is 4.61. The van der Waals surface area contributed by atoms with Gasteiger partial charge >= 0.3 is 0 Å². The first-order valence-corrected chi connectivity index (χ1v) is 5.42. The Balaban J connectivity index is 2.23. The van der Waals surface area contributed by atoms with Crippen LogP contribution in [0, 0.1) is 6.92 Å². The number of H-pyrrole nitrogens is 1. The van der Waals surface area contributed by atoms with Gasteiger partial charge in [-0.2, -0.15) is 0 Å². The molecule has 1 saturated carbocycles. The molecule has 0 bridgehead atoms. The second kappa shape index (κ2) is 3.39. The molecule has 0 atom stereocenters. The third kappa shape index (κ3) is 1.46. The van der Waals surface area contributed by atoms with Crippen molar-refractivity contribution in [1.29, 1.82) is 0 Å². The van der Waals surface area contributed by atoms with E-state index in [2.05, 4.69) is 23.8 Å². The molecule has 1 aromatic rings. The molecule has 1 aromatic heterocycles. The van der Waals surface area contributed by atoms with Crippen LogP contribution in [0.4, 0.5) is 0 Å². The molecule has 1 aliphatic carbocycles. The van der Waals surface area contributed by atoms with Crippen LogP contribution in [-0.4, -0.2) is 16.5 Å². The third-order valence-electron chi connectivity index (χ3n) is 3.40. The van der Waals surface area contributed by atoms with Gasteiger partial charge in [0.05, 0.1) is 5.69 Å². The van der Waals surface area contributed by atoms with Gasteiger partial charge in [-0.25, -0.2) is 4.98 Å². The van der Waals surface area contributed by atoms with Crippen molar-refractivity contribution in [1.82, 2.24) is 9.97 Å². The van der Waals surface area contributed by atoms with Crippen molar-refractivity contribution in [2.24, 2.45) is 5.73 Å². The predicted octanol–water partition coefficient (Wildman–Crippen LogP) is 1.66. The van der Waals surface area contributed by atoms with E-state index in [0.717, 1.165) is 12.1 Å². The maximum atomic E-state index is 5.54. The van der Waals surface area contributed by atoms with Crippen molar-refractivity contribution in [2.75, 3.05) is 6.54 Å². The van der Waals surface area contributed by atoms with Gasteiger partial charge in [-0.1, -0.05) is 13.3 Å². The standard InChI is InChI=1S/C11H19N3/c1-8-9(4-7-12)14-10(13-8)11(2)5-3-6-11/h3-7,12H2,1-2H3,(H,13,14). The Hall–Kier alpha value is -0.830. The molecule has 0 aromatic carbocycles. The molecule has 1 aliphatic rings. The Kier molecular flexibility index (Phi) is 2.35. The third-order valence-corrected chi connectivity index (χ3v) is 3.40. The van der Waals surface area contributed by atoms with Gasteiger partial charge in [-0.15, -0.1) is 0 Å². The molecule has 1 heterocycles. The smallest absolute Gasteiger partial charge is 0.112 e. The van der Waals surface area contributed by atoms with Crippen molar-refractivity contribution in [3.05, 3.63) is 17.2 Å².